The smallest absolute Gasteiger partial charge is 0.344 e. The molecular formula is C24H32N6O3. The molecule has 1 atom stereocenters. The van der Waals surface area contributed by atoms with Crippen LogP contribution in [0.5, 0.6) is 0 Å². The van der Waals surface area contributed by atoms with Crippen molar-refractivity contribution in [2.24, 2.45) is 11.1 Å². The molecule has 3 aliphatic rings. The number of likely N-dealkylation sites (tertiary alicyclic amines) is 2. The van der Waals surface area contributed by atoms with E-state index in [2.05, 4.69) is 40.0 Å². The molecular weight excluding hydrogens is 420 g/mol. The van der Waals surface area contributed by atoms with Gasteiger partial charge in [0.1, 0.15) is 0 Å². The van der Waals surface area contributed by atoms with E-state index in [1.807, 2.05) is 4.90 Å². The molecule has 1 spiro atoms. The van der Waals surface area contributed by atoms with Gasteiger partial charge in [-0.3, -0.25) is 9.69 Å². The van der Waals surface area contributed by atoms with E-state index in [1.165, 1.54) is 33.9 Å². The Labute approximate surface area is 194 Å². The van der Waals surface area contributed by atoms with Gasteiger partial charge in [-0.1, -0.05) is 6.07 Å². The largest absolute Gasteiger partial charge is 0.378 e. The van der Waals surface area contributed by atoms with Crippen molar-refractivity contribution in [1.82, 2.24) is 19.6 Å². The molecule has 0 bridgehead atoms. The van der Waals surface area contributed by atoms with Crippen molar-refractivity contribution in [3.05, 3.63) is 47.3 Å². The number of morpholine rings is 1. The number of nitrogens with zero attached hydrogens (tertiary/aromatic N) is 5. The number of carbonyl (C=O) groups excluding carboxylic acids is 2. The second kappa shape index (κ2) is 8.79. The first-order valence-corrected chi connectivity index (χ1v) is 11.7. The maximum Gasteiger partial charge on any atom is 0.344 e. The first-order valence-electron chi connectivity index (χ1n) is 11.7. The molecule has 0 saturated carbocycles. The summed E-state index contributed by atoms with van der Waals surface area (Å²) < 4.78 is 6.73. The lowest BCUT2D eigenvalue weighted by Gasteiger charge is -2.30. The van der Waals surface area contributed by atoms with Gasteiger partial charge in [0.25, 0.3) is 5.91 Å². The van der Waals surface area contributed by atoms with E-state index in [9.17, 15) is 9.59 Å². The molecule has 176 valence electrons. The molecule has 1 aromatic carbocycles. The number of rotatable bonds is 4. The number of hydrogen-bond donors (Lipinski definition) is 1. The molecule has 1 unspecified atom stereocenters. The third kappa shape index (κ3) is 4.60. The molecule has 3 saturated heterocycles. The number of nitrogens with two attached hydrogens (primary N) is 1. The van der Waals surface area contributed by atoms with Gasteiger partial charge < -0.3 is 20.3 Å². The van der Waals surface area contributed by atoms with Crippen molar-refractivity contribution in [3.63, 3.8) is 0 Å². The maximum atomic E-state index is 12.9. The Bertz CT molecular complexity index is 1050. The van der Waals surface area contributed by atoms with Gasteiger partial charge in [0, 0.05) is 56.6 Å². The van der Waals surface area contributed by atoms with Crippen molar-refractivity contribution in [3.8, 4) is 0 Å². The van der Waals surface area contributed by atoms with Crippen LogP contribution in [0.4, 0.5) is 10.5 Å². The highest BCUT2D eigenvalue weighted by molar-refractivity contribution is 5.93. The number of primary amides is 1. The van der Waals surface area contributed by atoms with E-state index in [-0.39, 0.29) is 17.0 Å². The van der Waals surface area contributed by atoms with Crippen LogP contribution in [0.3, 0.4) is 0 Å². The standard InChI is InChI=1S/C24H32N6O3/c1-18-10-19(12-21(11-18)28-6-8-33-9-7-28)14-27-4-2-24(16-27)3-5-29(17-24)23(32)30-15-20(13-26-30)22(25)31/h10-13,15H,2-9,14,16-17H2,1H3,(H2,25,31). The van der Waals surface area contributed by atoms with Gasteiger partial charge in [-0.15, -0.1) is 0 Å². The molecule has 0 aliphatic carbocycles. The zero-order chi connectivity index (χ0) is 23.0. The van der Waals surface area contributed by atoms with Crippen molar-refractivity contribution < 1.29 is 14.3 Å². The first kappa shape index (κ1) is 21.9. The Balaban J connectivity index is 1.21. The molecule has 9 nitrogen and oxygen atoms in total. The number of carbonyl (C=O) groups is 2. The minimum absolute atomic E-state index is 0.131. The summed E-state index contributed by atoms with van der Waals surface area (Å²) in [6, 6.07) is 6.68. The Hall–Kier alpha value is -2.91. The normalized spacial score (nSPS) is 23.5. The maximum absolute atomic E-state index is 12.9. The van der Waals surface area contributed by atoms with Gasteiger partial charge in [0.2, 0.25) is 0 Å². The minimum Gasteiger partial charge on any atom is -0.378 e. The van der Waals surface area contributed by atoms with E-state index in [1.54, 1.807) is 0 Å². The van der Waals surface area contributed by atoms with E-state index < -0.39 is 5.91 Å². The van der Waals surface area contributed by atoms with Crippen LogP contribution >= 0.6 is 0 Å². The first-order chi connectivity index (χ1) is 15.9. The minimum atomic E-state index is -0.577. The van der Waals surface area contributed by atoms with Gasteiger partial charge >= 0.3 is 6.03 Å². The lowest BCUT2D eigenvalue weighted by Crippen LogP contribution is -2.36. The third-order valence-electron chi connectivity index (χ3n) is 7.19. The van der Waals surface area contributed by atoms with E-state index >= 15 is 0 Å². The van der Waals surface area contributed by atoms with Crippen molar-refractivity contribution >= 4 is 17.6 Å². The van der Waals surface area contributed by atoms with Gasteiger partial charge in [0.15, 0.2) is 0 Å². The fraction of sp³-hybridized carbons (Fsp3) is 0.542. The fourth-order valence-corrected chi connectivity index (χ4v) is 5.49. The number of hydrogen-bond acceptors (Lipinski definition) is 6. The highest BCUT2D eigenvalue weighted by Crippen LogP contribution is 2.40. The van der Waals surface area contributed by atoms with Gasteiger partial charge in [-0.2, -0.15) is 9.78 Å². The number of benzene rings is 1. The van der Waals surface area contributed by atoms with Crippen molar-refractivity contribution in [1.29, 1.82) is 0 Å². The molecule has 9 heteroatoms. The summed E-state index contributed by atoms with van der Waals surface area (Å²) in [4.78, 5) is 31.0. The van der Waals surface area contributed by atoms with Crippen LogP contribution in [0.15, 0.2) is 30.6 Å². The Morgan fingerprint density at radius 2 is 1.88 bits per heavy atom. The molecule has 33 heavy (non-hydrogen) atoms. The molecule has 4 heterocycles. The second-order valence-electron chi connectivity index (χ2n) is 9.73. The van der Waals surface area contributed by atoms with Crippen LogP contribution in [0, 0.1) is 12.3 Å². The van der Waals surface area contributed by atoms with E-state index in [4.69, 9.17) is 10.5 Å². The van der Waals surface area contributed by atoms with Gasteiger partial charge in [-0.05, 0) is 49.6 Å². The fourth-order valence-electron chi connectivity index (χ4n) is 5.49. The predicted octanol–water partition coefficient (Wildman–Crippen LogP) is 1.69. The molecule has 0 radical (unpaired) electrons. The topological polar surface area (TPSA) is 96.9 Å². The lowest BCUT2D eigenvalue weighted by atomic mass is 9.86. The van der Waals surface area contributed by atoms with E-state index in [0.717, 1.165) is 65.3 Å². The highest BCUT2D eigenvalue weighted by atomic mass is 16.5. The zero-order valence-corrected chi connectivity index (χ0v) is 19.2. The Morgan fingerprint density at radius 1 is 1.09 bits per heavy atom. The monoisotopic (exact) mass is 452 g/mol. The summed E-state index contributed by atoms with van der Waals surface area (Å²) in [7, 11) is 0. The molecule has 3 aliphatic heterocycles. The van der Waals surface area contributed by atoms with Gasteiger partial charge in [-0.25, -0.2) is 4.79 Å². The van der Waals surface area contributed by atoms with Crippen molar-refractivity contribution in [2.75, 3.05) is 57.4 Å². The van der Waals surface area contributed by atoms with Crippen LogP contribution in [-0.4, -0.2) is 84.0 Å². The molecule has 5 rings (SSSR count). The highest BCUT2D eigenvalue weighted by Gasteiger charge is 2.45. The number of anilines is 1. The van der Waals surface area contributed by atoms with Crippen molar-refractivity contribution in [2.45, 2.75) is 26.3 Å². The van der Waals surface area contributed by atoms with Crippen LogP contribution < -0.4 is 10.6 Å². The van der Waals surface area contributed by atoms with Crippen LogP contribution in [0.25, 0.3) is 0 Å². The SMILES string of the molecule is Cc1cc(CN2CCC3(CCN(C(=O)n4cc(C(N)=O)cn4)C3)C2)cc(N2CCOCC2)c1. The number of amides is 2. The Morgan fingerprint density at radius 3 is 2.64 bits per heavy atom. The average molecular weight is 453 g/mol. The summed E-state index contributed by atoms with van der Waals surface area (Å²) in [6.45, 7) is 10.0. The van der Waals surface area contributed by atoms with Crippen LogP contribution in [0.2, 0.25) is 0 Å². The second-order valence-corrected chi connectivity index (χ2v) is 9.73. The van der Waals surface area contributed by atoms with E-state index in [0.29, 0.717) is 6.54 Å². The summed E-state index contributed by atoms with van der Waals surface area (Å²) in [5, 5.41) is 4.03. The zero-order valence-electron chi connectivity index (χ0n) is 19.2. The summed E-state index contributed by atoms with van der Waals surface area (Å²) in [5.74, 6) is -0.577. The van der Waals surface area contributed by atoms with Crippen LogP contribution in [0.1, 0.15) is 34.3 Å². The quantitative estimate of drug-likeness (QED) is 0.758. The van der Waals surface area contributed by atoms with Crippen LogP contribution in [-0.2, 0) is 11.3 Å². The molecule has 3 fully saturated rings. The lowest BCUT2D eigenvalue weighted by molar-refractivity contribution is 0.1000. The number of ether oxygens (including phenoxy) is 1. The third-order valence-corrected chi connectivity index (χ3v) is 7.19. The number of aryl methyl sites for hydroxylation is 1. The molecule has 2 N–H and O–H groups in total. The number of aromatic nitrogens is 2. The predicted molar refractivity (Wildman–Crippen MR) is 124 cm³/mol. The summed E-state index contributed by atoms with van der Waals surface area (Å²) >= 11 is 0. The molecule has 2 amide bonds. The average Bonchev–Trinajstić information content (AvgIpc) is 3.54. The molecule has 2 aromatic rings. The summed E-state index contributed by atoms with van der Waals surface area (Å²) in [5.41, 5.74) is 9.58. The Kier molecular flexibility index (Phi) is 5.84. The van der Waals surface area contributed by atoms with Gasteiger partial charge in [0.05, 0.1) is 25.0 Å². The summed E-state index contributed by atoms with van der Waals surface area (Å²) in [6.07, 6.45) is 4.84. The molecule has 1 aromatic heterocycles.